The van der Waals surface area contributed by atoms with Gasteiger partial charge in [-0.1, -0.05) is 18.2 Å². The predicted octanol–water partition coefficient (Wildman–Crippen LogP) is 4.38. The van der Waals surface area contributed by atoms with Gasteiger partial charge in [-0.15, -0.1) is 0 Å². The van der Waals surface area contributed by atoms with Crippen LogP contribution in [-0.2, 0) is 0 Å². The molecule has 1 aliphatic rings. The largest absolute Gasteiger partial charge is 0.349 e. The maximum absolute atomic E-state index is 13.0. The molecule has 0 atom stereocenters. The molecule has 6 nitrogen and oxygen atoms in total. The number of nitrogens with one attached hydrogen (secondary N) is 3. The molecular weight excluding hydrogens is 376 g/mol. The predicted molar refractivity (Wildman–Crippen MR) is 107 cm³/mol. The highest BCUT2D eigenvalue weighted by Gasteiger charge is 2.46. The van der Waals surface area contributed by atoms with Crippen LogP contribution in [-0.4, -0.2) is 33.1 Å². The molecule has 4 aromatic rings. The molecule has 2 heterocycles. The number of carbonyl (C=O) groups excluding carboxylic acids is 1. The number of hydrogen-bond donors (Lipinski definition) is 3. The highest BCUT2D eigenvalue weighted by atomic mass is 19.3. The zero-order chi connectivity index (χ0) is 20.0. The summed E-state index contributed by atoms with van der Waals surface area (Å²) in [4.78, 5) is 16.9. The van der Waals surface area contributed by atoms with Gasteiger partial charge in [0.1, 0.15) is 5.52 Å². The molecule has 5 rings (SSSR count). The van der Waals surface area contributed by atoms with E-state index >= 15 is 0 Å². The fraction of sp³-hybridized carbons (Fsp3) is 0.190. The number of fused-ring (bicyclic) bond motifs is 2. The lowest BCUT2D eigenvalue weighted by Gasteiger charge is -2.35. The zero-order valence-electron chi connectivity index (χ0n) is 15.2. The molecule has 8 heteroatoms. The van der Waals surface area contributed by atoms with E-state index in [-0.39, 0.29) is 18.7 Å². The molecular formula is C21H17F2N5O. The zero-order valence-corrected chi connectivity index (χ0v) is 15.2. The minimum Gasteiger partial charge on any atom is -0.349 e. The van der Waals surface area contributed by atoms with Crippen LogP contribution in [0.25, 0.3) is 21.8 Å². The van der Waals surface area contributed by atoms with Crippen LogP contribution in [0, 0.1) is 0 Å². The van der Waals surface area contributed by atoms with Crippen LogP contribution in [0.15, 0.2) is 54.7 Å². The number of aromatic nitrogens is 3. The molecule has 2 aromatic carbocycles. The number of halogens is 2. The van der Waals surface area contributed by atoms with Gasteiger partial charge in [0.25, 0.3) is 11.8 Å². The van der Waals surface area contributed by atoms with Crippen LogP contribution in [0.4, 0.5) is 20.3 Å². The lowest BCUT2D eigenvalue weighted by Crippen LogP contribution is -2.50. The Morgan fingerprint density at radius 2 is 2.00 bits per heavy atom. The Morgan fingerprint density at radius 1 is 1.14 bits per heavy atom. The summed E-state index contributed by atoms with van der Waals surface area (Å²) in [6.45, 7) is 0. The second-order valence-electron chi connectivity index (χ2n) is 7.27. The lowest BCUT2D eigenvalue weighted by atomic mass is 9.88. The summed E-state index contributed by atoms with van der Waals surface area (Å²) >= 11 is 0. The van der Waals surface area contributed by atoms with Crippen LogP contribution in [0.3, 0.4) is 0 Å². The van der Waals surface area contributed by atoms with Crippen molar-refractivity contribution in [1.82, 2.24) is 20.5 Å². The summed E-state index contributed by atoms with van der Waals surface area (Å²) < 4.78 is 26.0. The summed E-state index contributed by atoms with van der Waals surface area (Å²) in [6, 6.07) is 14.2. The first kappa shape index (κ1) is 17.5. The minimum atomic E-state index is -2.66. The van der Waals surface area contributed by atoms with Gasteiger partial charge >= 0.3 is 0 Å². The Hall–Kier alpha value is -3.55. The third kappa shape index (κ3) is 3.26. The number of H-pyrrole nitrogens is 1. The van der Waals surface area contributed by atoms with E-state index in [0.29, 0.717) is 11.4 Å². The highest BCUT2D eigenvalue weighted by molar-refractivity contribution is 6.08. The van der Waals surface area contributed by atoms with Gasteiger partial charge in [-0.2, -0.15) is 5.10 Å². The van der Waals surface area contributed by atoms with Crippen molar-refractivity contribution < 1.29 is 13.6 Å². The van der Waals surface area contributed by atoms with Crippen molar-refractivity contribution in [3.8, 4) is 0 Å². The third-order valence-electron chi connectivity index (χ3n) is 5.13. The van der Waals surface area contributed by atoms with Crippen LogP contribution in [0.2, 0.25) is 0 Å². The van der Waals surface area contributed by atoms with Gasteiger partial charge < -0.3 is 10.6 Å². The van der Waals surface area contributed by atoms with Gasteiger partial charge in [-0.3, -0.25) is 14.9 Å². The fourth-order valence-electron chi connectivity index (χ4n) is 3.66. The van der Waals surface area contributed by atoms with Crippen molar-refractivity contribution >= 4 is 39.2 Å². The molecule has 3 N–H and O–H groups in total. The molecule has 1 saturated carbocycles. The summed E-state index contributed by atoms with van der Waals surface area (Å²) in [7, 11) is 0. The number of alkyl halides is 2. The van der Waals surface area contributed by atoms with Crippen molar-refractivity contribution in [3.63, 3.8) is 0 Å². The second kappa shape index (κ2) is 6.51. The number of nitrogens with zero attached hydrogens (tertiary/aromatic N) is 2. The number of pyridine rings is 1. The molecule has 29 heavy (non-hydrogen) atoms. The van der Waals surface area contributed by atoms with Crippen molar-refractivity contribution in [2.75, 3.05) is 5.32 Å². The summed E-state index contributed by atoms with van der Waals surface area (Å²) in [6.07, 6.45) is 1.10. The molecule has 146 valence electrons. The smallest absolute Gasteiger partial charge is 0.252 e. The van der Waals surface area contributed by atoms with Gasteiger partial charge in [0.2, 0.25) is 0 Å². The van der Waals surface area contributed by atoms with Gasteiger partial charge in [0.05, 0.1) is 5.52 Å². The van der Waals surface area contributed by atoms with E-state index in [4.69, 9.17) is 0 Å². The maximum atomic E-state index is 13.0. The van der Waals surface area contributed by atoms with E-state index < -0.39 is 12.0 Å². The molecule has 2 aromatic heterocycles. The third-order valence-corrected chi connectivity index (χ3v) is 5.13. The van der Waals surface area contributed by atoms with E-state index in [1.807, 2.05) is 36.4 Å². The summed E-state index contributed by atoms with van der Waals surface area (Å²) in [5.41, 5.74) is 2.83. The van der Waals surface area contributed by atoms with Crippen molar-refractivity contribution in [3.05, 3.63) is 60.3 Å². The van der Waals surface area contributed by atoms with Gasteiger partial charge in [0, 0.05) is 36.3 Å². The molecule has 0 bridgehead atoms. The van der Waals surface area contributed by atoms with Crippen molar-refractivity contribution in [2.24, 2.45) is 0 Å². The summed E-state index contributed by atoms with van der Waals surface area (Å²) in [5, 5.41) is 14.7. The Kier molecular flexibility index (Phi) is 3.94. The van der Waals surface area contributed by atoms with Gasteiger partial charge in [-0.25, -0.2) is 8.78 Å². The van der Waals surface area contributed by atoms with Crippen LogP contribution >= 0.6 is 0 Å². The summed E-state index contributed by atoms with van der Waals surface area (Å²) in [5.74, 6) is -2.39. The molecule has 1 aliphatic carbocycles. The molecule has 0 aliphatic heterocycles. The maximum Gasteiger partial charge on any atom is 0.252 e. The first-order chi connectivity index (χ1) is 14.0. The van der Waals surface area contributed by atoms with Crippen LogP contribution in [0.5, 0.6) is 0 Å². The van der Waals surface area contributed by atoms with E-state index in [1.54, 1.807) is 18.3 Å². The Balaban J connectivity index is 1.40. The molecule has 0 radical (unpaired) electrons. The monoisotopic (exact) mass is 393 g/mol. The minimum absolute atomic E-state index is 0.302. The van der Waals surface area contributed by atoms with E-state index in [0.717, 1.165) is 27.5 Å². The fourth-order valence-corrected chi connectivity index (χ4v) is 3.66. The number of anilines is 2. The first-order valence-electron chi connectivity index (χ1n) is 9.26. The molecule has 1 fully saturated rings. The lowest BCUT2D eigenvalue weighted by molar-refractivity contribution is -0.0901. The highest BCUT2D eigenvalue weighted by Crippen LogP contribution is 2.37. The second-order valence-corrected chi connectivity index (χ2v) is 7.27. The molecule has 0 spiro atoms. The molecule has 0 saturated heterocycles. The normalized spacial score (nSPS) is 15.9. The average Bonchev–Trinajstić information content (AvgIpc) is 3.09. The van der Waals surface area contributed by atoms with Crippen molar-refractivity contribution in [1.29, 1.82) is 0 Å². The SMILES string of the molecule is O=C(NC1CC(F)(F)C1)c1cccc2cc(Nc3n[nH]c4cccnc34)ccc12. The van der Waals surface area contributed by atoms with E-state index in [1.165, 1.54) is 0 Å². The molecule has 1 amide bonds. The number of aromatic amines is 1. The topological polar surface area (TPSA) is 82.7 Å². The van der Waals surface area contributed by atoms with E-state index in [2.05, 4.69) is 25.8 Å². The Morgan fingerprint density at radius 3 is 2.83 bits per heavy atom. The van der Waals surface area contributed by atoms with Gasteiger partial charge in [0.15, 0.2) is 5.82 Å². The first-order valence-corrected chi connectivity index (χ1v) is 9.26. The Bertz CT molecular complexity index is 1230. The number of hydrogen-bond acceptors (Lipinski definition) is 4. The van der Waals surface area contributed by atoms with E-state index in [9.17, 15) is 13.6 Å². The standard InChI is InChI=1S/C21H17F2N5O/c22-21(23)10-14(11-21)26-20(29)16-4-1-3-12-9-13(6-7-15(12)16)25-19-18-17(27-28-19)5-2-8-24-18/h1-9,14H,10-11H2,(H,26,29)(H2,25,27,28). The molecule has 0 unspecified atom stereocenters. The van der Waals surface area contributed by atoms with Crippen LogP contribution < -0.4 is 10.6 Å². The van der Waals surface area contributed by atoms with Crippen molar-refractivity contribution in [2.45, 2.75) is 24.8 Å². The van der Waals surface area contributed by atoms with Gasteiger partial charge in [-0.05, 0) is 41.1 Å². The Labute approximate surface area is 164 Å². The van der Waals surface area contributed by atoms with Crippen LogP contribution in [0.1, 0.15) is 23.2 Å². The number of benzene rings is 2. The average molecular weight is 393 g/mol. The number of carbonyl (C=O) groups is 1. The number of amides is 1. The number of rotatable bonds is 4. The quantitative estimate of drug-likeness (QED) is 0.480.